The predicted octanol–water partition coefficient (Wildman–Crippen LogP) is 4.22. The molecule has 0 bridgehead atoms. The lowest BCUT2D eigenvalue weighted by Crippen LogP contribution is -1.85. The van der Waals surface area contributed by atoms with Crippen LogP contribution in [0.3, 0.4) is 0 Å². The van der Waals surface area contributed by atoms with Gasteiger partial charge in [0.15, 0.2) is 0 Å². The van der Waals surface area contributed by atoms with E-state index in [1.807, 2.05) is 6.08 Å². The first-order valence-corrected chi connectivity index (χ1v) is 4.83. The molecule has 0 nitrogen and oxygen atoms in total. The molecule has 0 spiro atoms. The minimum Gasteiger partial charge on any atom is -0.128 e. The summed E-state index contributed by atoms with van der Waals surface area (Å²) in [7, 11) is 0. The second-order valence-corrected chi connectivity index (χ2v) is 3.44. The van der Waals surface area contributed by atoms with Gasteiger partial charge in [0, 0.05) is 0 Å². The van der Waals surface area contributed by atoms with Gasteiger partial charge < -0.3 is 0 Å². The zero-order valence-electron chi connectivity index (χ0n) is 8.93. The Morgan fingerprint density at radius 1 is 1.43 bits per heavy atom. The maximum Gasteiger partial charge on any atom is -0.0133 e. The van der Waals surface area contributed by atoms with E-state index < -0.39 is 0 Å². The summed E-state index contributed by atoms with van der Waals surface area (Å²) in [4.78, 5) is 0. The molecule has 0 atom stereocenters. The molecule has 0 aliphatic carbocycles. The highest BCUT2D eigenvalue weighted by molar-refractivity contribution is 5.67. The molecule has 0 aliphatic heterocycles. The SMILES string of the molecule is C=C=Cc1cc(C)cc(C(=C)CC)c1. The van der Waals surface area contributed by atoms with Gasteiger partial charge in [-0.15, -0.1) is 5.73 Å². The lowest BCUT2D eigenvalue weighted by Gasteiger charge is -2.05. The van der Waals surface area contributed by atoms with Crippen LogP contribution in [0.4, 0.5) is 0 Å². The van der Waals surface area contributed by atoms with Crippen LogP contribution < -0.4 is 0 Å². The minimum absolute atomic E-state index is 0.987. The van der Waals surface area contributed by atoms with Crippen molar-refractivity contribution in [1.29, 1.82) is 0 Å². The van der Waals surface area contributed by atoms with Gasteiger partial charge >= 0.3 is 0 Å². The Balaban J connectivity index is 3.19. The van der Waals surface area contributed by atoms with Crippen LogP contribution in [0, 0.1) is 6.92 Å². The summed E-state index contributed by atoms with van der Waals surface area (Å²) in [6.07, 6.45) is 2.88. The summed E-state index contributed by atoms with van der Waals surface area (Å²) in [5.41, 5.74) is 7.57. The average Bonchev–Trinajstić information content (AvgIpc) is 2.16. The smallest absolute Gasteiger partial charge is 0.0133 e. The normalized spacial score (nSPS) is 9.29. The first kappa shape index (κ1) is 10.6. The number of allylic oxidation sites excluding steroid dienone is 1. The van der Waals surface area contributed by atoms with Crippen molar-refractivity contribution in [1.82, 2.24) is 0 Å². The fourth-order valence-corrected chi connectivity index (χ4v) is 1.42. The van der Waals surface area contributed by atoms with Crippen molar-refractivity contribution >= 4 is 11.6 Å². The van der Waals surface area contributed by atoms with Gasteiger partial charge in [-0.05, 0) is 47.8 Å². The summed E-state index contributed by atoms with van der Waals surface area (Å²) in [5.74, 6) is 0. The highest BCUT2D eigenvalue weighted by Gasteiger charge is 1.98. The molecule has 1 aromatic carbocycles. The van der Waals surface area contributed by atoms with Gasteiger partial charge in [0.25, 0.3) is 0 Å². The van der Waals surface area contributed by atoms with E-state index in [1.54, 1.807) is 0 Å². The van der Waals surface area contributed by atoms with E-state index in [4.69, 9.17) is 0 Å². The van der Waals surface area contributed by atoms with Gasteiger partial charge in [-0.2, -0.15) is 0 Å². The molecule has 0 amide bonds. The zero-order chi connectivity index (χ0) is 10.6. The van der Waals surface area contributed by atoms with Crippen LogP contribution >= 0.6 is 0 Å². The fourth-order valence-electron chi connectivity index (χ4n) is 1.42. The number of benzene rings is 1. The van der Waals surface area contributed by atoms with Crippen molar-refractivity contribution in [3.05, 3.63) is 53.8 Å². The summed E-state index contributed by atoms with van der Waals surface area (Å²) in [5, 5.41) is 0. The van der Waals surface area contributed by atoms with Crippen molar-refractivity contribution < 1.29 is 0 Å². The monoisotopic (exact) mass is 184 g/mol. The Kier molecular flexibility index (Phi) is 3.50. The molecular formula is C14H16. The number of hydrogen-bond donors (Lipinski definition) is 0. The molecule has 0 saturated heterocycles. The molecule has 0 saturated carbocycles. The summed E-state index contributed by atoms with van der Waals surface area (Å²) < 4.78 is 0. The zero-order valence-corrected chi connectivity index (χ0v) is 8.93. The van der Waals surface area contributed by atoms with Crippen molar-refractivity contribution in [2.45, 2.75) is 20.3 Å². The predicted molar refractivity (Wildman–Crippen MR) is 64.1 cm³/mol. The van der Waals surface area contributed by atoms with Crippen molar-refractivity contribution in [3.8, 4) is 0 Å². The van der Waals surface area contributed by atoms with Crippen LogP contribution in [0.25, 0.3) is 11.6 Å². The Bertz CT molecular complexity index is 390. The number of rotatable bonds is 3. The molecule has 72 valence electrons. The summed E-state index contributed by atoms with van der Waals surface area (Å²) in [6.45, 7) is 11.8. The van der Waals surface area contributed by atoms with Crippen LogP contribution in [0.5, 0.6) is 0 Å². The molecule has 0 aliphatic rings. The average molecular weight is 184 g/mol. The lowest BCUT2D eigenvalue weighted by atomic mass is 10.00. The first-order chi connectivity index (χ1) is 6.67. The Morgan fingerprint density at radius 3 is 2.71 bits per heavy atom. The summed E-state index contributed by atoms with van der Waals surface area (Å²) >= 11 is 0. The van der Waals surface area contributed by atoms with Gasteiger partial charge in [0.2, 0.25) is 0 Å². The molecule has 1 aromatic rings. The maximum absolute atomic E-state index is 4.04. The maximum atomic E-state index is 4.04. The van der Waals surface area contributed by atoms with Gasteiger partial charge in [0.1, 0.15) is 0 Å². The van der Waals surface area contributed by atoms with E-state index in [-0.39, 0.29) is 0 Å². The van der Waals surface area contributed by atoms with Crippen LogP contribution in [-0.2, 0) is 0 Å². The van der Waals surface area contributed by atoms with Crippen molar-refractivity contribution in [2.75, 3.05) is 0 Å². The topological polar surface area (TPSA) is 0 Å². The Morgan fingerprint density at radius 2 is 2.14 bits per heavy atom. The molecule has 0 fully saturated rings. The minimum atomic E-state index is 0.987. The second kappa shape index (κ2) is 4.64. The van der Waals surface area contributed by atoms with E-state index in [0.717, 1.165) is 12.0 Å². The number of hydrogen-bond acceptors (Lipinski definition) is 0. The molecule has 0 unspecified atom stereocenters. The van der Waals surface area contributed by atoms with Crippen molar-refractivity contribution in [3.63, 3.8) is 0 Å². The highest BCUT2D eigenvalue weighted by Crippen LogP contribution is 2.19. The Hall–Kier alpha value is -1.52. The van der Waals surface area contributed by atoms with Gasteiger partial charge in [0.05, 0.1) is 0 Å². The molecule has 0 N–H and O–H groups in total. The van der Waals surface area contributed by atoms with E-state index in [9.17, 15) is 0 Å². The van der Waals surface area contributed by atoms with Crippen molar-refractivity contribution in [2.24, 2.45) is 0 Å². The van der Waals surface area contributed by atoms with E-state index in [1.165, 1.54) is 16.7 Å². The quantitative estimate of drug-likeness (QED) is 0.617. The second-order valence-electron chi connectivity index (χ2n) is 3.44. The van der Waals surface area contributed by atoms with E-state index in [0.29, 0.717) is 0 Å². The Labute approximate surface area is 86.3 Å². The van der Waals surface area contributed by atoms with Gasteiger partial charge in [-0.3, -0.25) is 0 Å². The van der Waals surface area contributed by atoms with Crippen LogP contribution in [0.2, 0.25) is 0 Å². The lowest BCUT2D eigenvalue weighted by molar-refractivity contribution is 1.24. The summed E-state index contributed by atoms with van der Waals surface area (Å²) in [6, 6.07) is 6.40. The molecular weight excluding hydrogens is 168 g/mol. The molecule has 1 rings (SSSR count). The molecule has 0 heterocycles. The number of aryl methyl sites for hydroxylation is 1. The standard InChI is InChI=1S/C14H16/c1-5-7-13-8-11(3)9-14(10-13)12(4)6-2/h7-10H,1,4,6H2,2-3H3. The van der Waals surface area contributed by atoms with Crippen LogP contribution in [0.1, 0.15) is 30.0 Å². The largest absolute Gasteiger partial charge is 0.128 e. The van der Waals surface area contributed by atoms with Crippen LogP contribution in [-0.4, -0.2) is 0 Å². The highest BCUT2D eigenvalue weighted by atomic mass is 14.0. The van der Waals surface area contributed by atoms with Crippen LogP contribution in [0.15, 0.2) is 37.1 Å². The molecule has 0 heteroatoms. The third-order valence-corrected chi connectivity index (χ3v) is 2.20. The molecule has 0 radical (unpaired) electrons. The molecule has 14 heavy (non-hydrogen) atoms. The fraction of sp³-hybridized carbons (Fsp3) is 0.214. The van der Waals surface area contributed by atoms with E-state index in [2.05, 4.69) is 50.9 Å². The first-order valence-electron chi connectivity index (χ1n) is 4.83. The van der Waals surface area contributed by atoms with Gasteiger partial charge in [-0.1, -0.05) is 32.2 Å². The molecule has 0 aromatic heterocycles. The van der Waals surface area contributed by atoms with E-state index >= 15 is 0 Å². The van der Waals surface area contributed by atoms with Gasteiger partial charge in [-0.25, -0.2) is 0 Å². The third kappa shape index (κ3) is 2.48. The third-order valence-electron chi connectivity index (χ3n) is 2.20.